The van der Waals surface area contributed by atoms with Gasteiger partial charge in [0.05, 0.1) is 18.8 Å². The van der Waals surface area contributed by atoms with E-state index in [0.29, 0.717) is 24.4 Å². The number of benzene rings is 1. The van der Waals surface area contributed by atoms with Gasteiger partial charge in [0.2, 0.25) is 0 Å². The first-order chi connectivity index (χ1) is 9.72. The van der Waals surface area contributed by atoms with Gasteiger partial charge in [0.15, 0.2) is 5.82 Å². The Morgan fingerprint density at radius 1 is 1.35 bits per heavy atom. The van der Waals surface area contributed by atoms with Gasteiger partial charge in [0.25, 0.3) is 5.89 Å². The van der Waals surface area contributed by atoms with Crippen molar-refractivity contribution in [1.82, 2.24) is 10.1 Å². The van der Waals surface area contributed by atoms with Gasteiger partial charge in [-0.1, -0.05) is 22.9 Å². The molecule has 0 aliphatic heterocycles. The molecule has 5 nitrogen and oxygen atoms in total. The summed E-state index contributed by atoms with van der Waals surface area (Å²) >= 11 is 0. The standard InChI is InChI=1S/C15H19N3O2/c1-10-5-7-11(8-6-10)15-17-14(18-20-15)13(16)9-19-12-3-2-4-12/h5-8,12-13H,2-4,9,16H2,1H3. The molecule has 1 aromatic carbocycles. The molecule has 1 aliphatic rings. The monoisotopic (exact) mass is 273 g/mol. The van der Waals surface area contributed by atoms with Crippen LogP contribution in [-0.4, -0.2) is 22.9 Å². The third kappa shape index (κ3) is 2.89. The maximum absolute atomic E-state index is 6.03. The van der Waals surface area contributed by atoms with Gasteiger partial charge in [-0.05, 0) is 38.3 Å². The van der Waals surface area contributed by atoms with Crippen LogP contribution in [0.3, 0.4) is 0 Å². The number of rotatable bonds is 5. The average Bonchev–Trinajstić information content (AvgIpc) is 2.87. The number of nitrogens with two attached hydrogens (primary N) is 1. The van der Waals surface area contributed by atoms with E-state index in [1.54, 1.807) is 0 Å². The number of hydrogen-bond acceptors (Lipinski definition) is 5. The third-order valence-electron chi connectivity index (χ3n) is 3.64. The van der Waals surface area contributed by atoms with Gasteiger partial charge in [-0.15, -0.1) is 0 Å². The van der Waals surface area contributed by atoms with E-state index >= 15 is 0 Å². The molecule has 106 valence electrons. The van der Waals surface area contributed by atoms with Gasteiger partial charge in [-0.2, -0.15) is 4.98 Å². The van der Waals surface area contributed by atoms with Gasteiger partial charge in [-0.3, -0.25) is 0 Å². The van der Waals surface area contributed by atoms with Crippen LogP contribution >= 0.6 is 0 Å². The highest BCUT2D eigenvalue weighted by Crippen LogP contribution is 2.24. The molecule has 1 fully saturated rings. The summed E-state index contributed by atoms with van der Waals surface area (Å²) in [6, 6.07) is 7.61. The van der Waals surface area contributed by atoms with Crippen LogP contribution in [0.2, 0.25) is 0 Å². The summed E-state index contributed by atoms with van der Waals surface area (Å²) in [5.41, 5.74) is 8.13. The summed E-state index contributed by atoms with van der Waals surface area (Å²) in [5, 5.41) is 3.95. The molecule has 2 aromatic rings. The van der Waals surface area contributed by atoms with Crippen molar-refractivity contribution in [3.63, 3.8) is 0 Å². The Kier molecular flexibility index (Phi) is 3.80. The first-order valence-corrected chi connectivity index (χ1v) is 7.00. The summed E-state index contributed by atoms with van der Waals surface area (Å²) in [4.78, 5) is 4.35. The summed E-state index contributed by atoms with van der Waals surface area (Å²) < 4.78 is 10.9. The highest BCUT2D eigenvalue weighted by molar-refractivity contribution is 5.53. The fourth-order valence-corrected chi connectivity index (χ4v) is 2.05. The average molecular weight is 273 g/mol. The molecule has 1 unspecified atom stereocenters. The van der Waals surface area contributed by atoms with Gasteiger partial charge in [-0.25, -0.2) is 0 Å². The molecule has 0 amide bonds. The molecule has 20 heavy (non-hydrogen) atoms. The van der Waals surface area contributed by atoms with Crippen LogP contribution in [0, 0.1) is 6.92 Å². The van der Waals surface area contributed by atoms with Gasteiger partial charge in [0, 0.05) is 5.56 Å². The molecule has 2 N–H and O–H groups in total. The highest BCUT2D eigenvalue weighted by atomic mass is 16.5. The molecule has 3 rings (SSSR count). The highest BCUT2D eigenvalue weighted by Gasteiger charge is 2.21. The lowest BCUT2D eigenvalue weighted by molar-refractivity contribution is -0.00549. The minimum atomic E-state index is -0.335. The van der Waals surface area contributed by atoms with Crippen LogP contribution in [0.25, 0.3) is 11.5 Å². The molecule has 0 bridgehead atoms. The molecule has 0 spiro atoms. The van der Waals surface area contributed by atoms with Crippen molar-refractivity contribution in [3.8, 4) is 11.5 Å². The Bertz CT molecular complexity index is 561. The molecular weight excluding hydrogens is 254 g/mol. The predicted molar refractivity (Wildman–Crippen MR) is 75.0 cm³/mol. The molecule has 1 heterocycles. The normalized spacial score (nSPS) is 16.9. The Morgan fingerprint density at radius 3 is 2.75 bits per heavy atom. The molecule has 1 aliphatic carbocycles. The van der Waals surface area contributed by atoms with Crippen molar-refractivity contribution in [2.75, 3.05) is 6.61 Å². The Labute approximate surface area is 118 Å². The lowest BCUT2D eigenvalue weighted by atomic mass is 9.96. The van der Waals surface area contributed by atoms with Crippen LogP contribution in [0.15, 0.2) is 28.8 Å². The Morgan fingerprint density at radius 2 is 2.10 bits per heavy atom. The second-order valence-corrected chi connectivity index (χ2v) is 5.32. The maximum atomic E-state index is 6.03. The number of aromatic nitrogens is 2. The second-order valence-electron chi connectivity index (χ2n) is 5.32. The lowest BCUT2D eigenvalue weighted by Crippen LogP contribution is -2.27. The minimum Gasteiger partial charge on any atom is -0.376 e. The quantitative estimate of drug-likeness (QED) is 0.906. The van der Waals surface area contributed by atoms with Gasteiger partial charge >= 0.3 is 0 Å². The van der Waals surface area contributed by atoms with E-state index in [2.05, 4.69) is 10.1 Å². The summed E-state index contributed by atoms with van der Waals surface area (Å²) in [6.07, 6.45) is 3.88. The number of hydrogen-bond donors (Lipinski definition) is 1. The van der Waals surface area contributed by atoms with E-state index in [1.165, 1.54) is 12.0 Å². The Hall–Kier alpha value is -1.72. The van der Waals surface area contributed by atoms with Crippen molar-refractivity contribution in [2.24, 2.45) is 5.73 Å². The van der Waals surface area contributed by atoms with Crippen LogP contribution in [0.4, 0.5) is 0 Å². The third-order valence-corrected chi connectivity index (χ3v) is 3.64. The van der Waals surface area contributed by atoms with Crippen molar-refractivity contribution in [3.05, 3.63) is 35.7 Å². The smallest absolute Gasteiger partial charge is 0.257 e. The molecule has 0 radical (unpaired) electrons. The van der Waals surface area contributed by atoms with Crippen molar-refractivity contribution >= 4 is 0 Å². The van der Waals surface area contributed by atoms with Crippen LogP contribution < -0.4 is 5.73 Å². The van der Waals surface area contributed by atoms with E-state index in [1.807, 2.05) is 31.2 Å². The maximum Gasteiger partial charge on any atom is 0.257 e. The molecular formula is C15H19N3O2. The molecule has 1 saturated carbocycles. The number of ether oxygens (including phenoxy) is 1. The SMILES string of the molecule is Cc1ccc(-c2nc(C(N)COC3CCC3)no2)cc1. The van der Waals surface area contributed by atoms with E-state index in [0.717, 1.165) is 18.4 Å². The van der Waals surface area contributed by atoms with Crippen LogP contribution in [0.1, 0.15) is 36.7 Å². The fourth-order valence-electron chi connectivity index (χ4n) is 2.05. The van der Waals surface area contributed by atoms with E-state index < -0.39 is 0 Å². The van der Waals surface area contributed by atoms with Crippen molar-refractivity contribution in [1.29, 1.82) is 0 Å². The summed E-state index contributed by atoms with van der Waals surface area (Å²) in [6.45, 7) is 2.48. The largest absolute Gasteiger partial charge is 0.376 e. The zero-order valence-corrected chi connectivity index (χ0v) is 11.6. The first-order valence-electron chi connectivity index (χ1n) is 7.00. The van der Waals surface area contributed by atoms with Crippen LogP contribution in [-0.2, 0) is 4.74 Å². The zero-order chi connectivity index (χ0) is 13.9. The summed E-state index contributed by atoms with van der Waals surface area (Å²) in [7, 11) is 0. The number of nitrogens with zero attached hydrogens (tertiary/aromatic N) is 2. The van der Waals surface area contributed by atoms with Gasteiger partial charge < -0.3 is 15.0 Å². The molecule has 5 heteroatoms. The van der Waals surface area contributed by atoms with Crippen LogP contribution in [0.5, 0.6) is 0 Å². The van der Waals surface area contributed by atoms with Crippen molar-refractivity contribution < 1.29 is 9.26 Å². The molecule has 1 atom stereocenters. The molecule has 1 aromatic heterocycles. The van der Waals surface area contributed by atoms with E-state index in [9.17, 15) is 0 Å². The molecule has 0 saturated heterocycles. The second kappa shape index (κ2) is 5.73. The van der Waals surface area contributed by atoms with E-state index in [4.69, 9.17) is 15.0 Å². The Balaban J connectivity index is 1.64. The van der Waals surface area contributed by atoms with Gasteiger partial charge in [0.1, 0.15) is 0 Å². The topological polar surface area (TPSA) is 74.2 Å². The zero-order valence-electron chi connectivity index (χ0n) is 11.6. The predicted octanol–water partition coefficient (Wildman–Crippen LogP) is 2.61. The van der Waals surface area contributed by atoms with Crippen molar-refractivity contribution in [2.45, 2.75) is 38.3 Å². The van der Waals surface area contributed by atoms with E-state index in [-0.39, 0.29) is 6.04 Å². The fraction of sp³-hybridized carbons (Fsp3) is 0.467. The lowest BCUT2D eigenvalue weighted by Gasteiger charge is -2.26. The first kappa shape index (κ1) is 13.3. The number of aryl methyl sites for hydroxylation is 1. The minimum absolute atomic E-state index is 0.335. The summed E-state index contributed by atoms with van der Waals surface area (Å²) in [5.74, 6) is 0.999.